The molecule has 0 atom stereocenters. The maximum absolute atomic E-state index is 13.2. The second-order valence-corrected chi connectivity index (χ2v) is 9.53. The molecule has 1 fully saturated rings. The number of rotatable bonds is 9. The molecule has 7 heteroatoms. The Morgan fingerprint density at radius 1 is 0.917 bits per heavy atom. The molecule has 2 aromatic carbocycles. The molecule has 3 aromatic rings. The van der Waals surface area contributed by atoms with Gasteiger partial charge in [-0.1, -0.05) is 37.3 Å². The number of aromatic nitrogens is 1. The number of piperazine rings is 1. The van der Waals surface area contributed by atoms with Crippen LogP contribution in [-0.2, 0) is 17.8 Å². The Hall–Kier alpha value is -3.29. The number of nitrogens with one attached hydrogen (secondary N) is 1. The van der Waals surface area contributed by atoms with Crippen LogP contribution in [0.15, 0.2) is 54.6 Å². The van der Waals surface area contributed by atoms with Gasteiger partial charge in [-0.2, -0.15) is 0 Å². The lowest BCUT2D eigenvalue weighted by Crippen LogP contribution is -2.49. The van der Waals surface area contributed by atoms with E-state index in [1.165, 1.54) is 12.1 Å². The van der Waals surface area contributed by atoms with Crippen molar-refractivity contribution in [2.45, 2.75) is 33.7 Å². The molecule has 1 saturated heterocycles. The highest BCUT2D eigenvalue weighted by molar-refractivity contribution is 5.99. The van der Waals surface area contributed by atoms with Gasteiger partial charge in [-0.05, 0) is 55.7 Å². The molecule has 4 rings (SSSR count). The maximum Gasteiger partial charge on any atom is 0.238 e. The Labute approximate surface area is 212 Å². The van der Waals surface area contributed by atoms with Gasteiger partial charge in [-0.15, -0.1) is 0 Å². The van der Waals surface area contributed by atoms with E-state index >= 15 is 0 Å². The van der Waals surface area contributed by atoms with Gasteiger partial charge >= 0.3 is 0 Å². The Kier molecular flexibility index (Phi) is 8.33. The van der Waals surface area contributed by atoms with Crippen molar-refractivity contribution in [3.8, 4) is 0 Å². The van der Waals surface area contributed by atoms with Crippen molar-refractivity contribution in [3.63, 3.8) is 0 Å². The highest BCUT2D eigenvalue weighted by atomic mass is 19.1. The number of Topliss-reactive ketones (excluding diaryl/α,β-unsaturated/α-hetero) is 1. The summed E-state index contributed by atoms with van der Waals surface area (Å²) < 4.78 is 15.3. The van der Waals surface area contributed by atoms with E-state index in [0.29, 0.717) is 19.6 Å². The first-order valence-corrected chi connectivity index (χ1v) is 12.6. The van der Waals surface area contributed by atoms with Crippen LogP contribution in [0, 0.1) is 19.7 Å². The summed E-state index contributed by atoms with van der Waals surface area (Å²) in [7, 11) is 0. The number of ketones is 1. The zero-order chi connectivity index (χ0) is 25.7. The molecule has 36 heavy (non-hydrogen) atoms. The number of para-hydroxylation sites is 1. The number of hydrogen-bond acceptors (Lipinski definition) is 4. The second-order valence-electron chi connectivity index (χ2n) is 9.53. The van der Waals surface area contributed by atoms with Gasteiger partial charge in [0.15, 0.2) is 5.78 Å². The quantitative estimate of drug-likeness (QED) is 0.455. The highest BCUT2D eigenvalue weighted by Gasteiger charge is 2.23. The van der Waals surface area contributed by atoms with E-state index in [0.717, 1.165) is 66.4 Å². The fourth-order valence-corrected chi connectivity index (χ4v) is 4.84. The molecule has 2 heterocycles. The lowest BCUT2D eigenvalue weighted by Gasteiger charge is -2.33. The molecule has 6 nitrogen and oxygen atoms in total. The molecule has 0 bridgehead atoms. The standard InChI is InChI=1S/C29H35FN4O2/c1-4-24-7-5-6-8-27(24)31-29(36)20-33-15-13-32(14-16-33)19-28(35)26-17-21(2)34(22(26)3)18-23-9-11-25(30)12-10-23/h5-12,17H,4,13-16,18-20H2,1-3H3,(H,31,36). The topological polar surface area (TPSA) is 57.6 Å². The number of carbonyl (C=O) groups excluding carboxylic acids is 2. The van der Waals surface area contributed by atoms with Gasteiger partial charge in [-0.25, -0.2) is 4.39 Å². The minimum Gasteiger partial charge on any atom is -0.344 e. The first-order valence-electron chi connectivity index (χ1n) is 12.6. The van der Waals surface area contributed by atoms with Crippen molar-refractivity contribution in [3.05, 3.63) is 88.5 Å². The fourth-order valence-electron chi connectivity index (χ4n) is 4.84. The lowest BCUT2D eigenvalue weighted by molar-refractivity contribution is -0.117. The van der Waals surface area contributed by atoms with Crippen molar-refractivity contribution < 1.29 is 14.0 Å². The monoisotopic (exact) mass is 490 g/mol. The third-order valence-electron chi connectivity index (χ3n) is 7.00. The van der Waals surface area contributed by atoms with Crippen LogP contribution < -0.4 is 5.32 Å². The van der Waals surface area contributed by atoms with Crippen LogP contribution in [-0.4, -0.2) is 65.3 Å². The van der Waals surface area contributed by atoms with Crippen molar-refractivity contribution >= 4 is 17.4 Å². The third kappa shape index (κ3) is 6.28. The molecule has 1 aromatic heterocycles. The molecule has 0 saturated carbocycles. The van der Waals surface area contributed by atoms with E-state index in [-0.39, 0.29) is 17.5 Å². The van der Waals surface area contributed by atoms with Gasteiger partial charge in [0.25, 0.3) is 0 Å². The summed E-state index contributed by atoms with van der Waals surface area (Å²) >= 11 is 0. The van der Waals surface area contributed by atoms with Crippen LogP contribution >= 0.6 is 0 Å². The number of anilines is 1. The number of aryl methyl sites for hydroxylation is 2. The van der Waals surface area contributed by atoms with E-state index < -0.39 is 0 Å². The van der Waals surface area contributed by atoms with E-state index in [9.17, 15) is 14.0 Å². The van der Waals surface area contributed by atoms with E-state index in [1.807, 2.05) is 44.2 Å². The van der Waals surface area contributed by atoms with Crippen LogP contribution in [0.1, 0.15) is 39.8 Å². The molecular weight excluding hydrogens is 455 g/mol. The molecule has 1 amide bonds. The van der Waals surface area contributed by atoms with E-state index in [1.54, 1.807) is 12.1 Å². The molecular formula is C29H35FN4O2. The summed E-state index contributed by atoms with van der Waals surface area (Å²) in [5, 5.41) is 3.04. The fraction of sp³-hybridized carbons (Fsp3) is 0.379. The highest BCUT2D eigenvalue weighted by Crippen LogP contribution is 2.19. The van der Waals surface area contributed by atoms with Gasteiger partial charge < -0.3 is 9.88 Å². The molecule has 1 aliphatic heterocycles. The third-order valence-corrected chi connectivity index (χ3v) is 7.00. The minimum atomic E-state index is -0.252. The molecule has 0 radical (unpaired) electrons. The summed E-state index contributed by atoms with van der Waals surface area (Å²) in [5.41, 5.74) is 5.70. The maximum atomic E-state index is 13.2. The smallest absolute Gasteiger partial charge is 0.238 e. The second kappa shape index (κ2) is 11.6. The average molecular weight is 491 g/mol. The van der Waals surface area contributed by atoms with E-state index in [2.05, 4.69) is 26.6 Å². The van der Waals surface area contributed by atoms with Crippen molar-refractivity contribution in [2.75, 3.05) is 44.6 Å². The summed E-state index contributed by atoms with van der Waals surface area (Å²) in [6.45, 7) is 10.4. The van der Waals surface area contributed by atoms with E-state index in [4.69, 9.17) is 0 Å². The molecule has 1 N–H and O–H groups in total. The van der Waals surface area contributed by atoms with Crippen LogP contribution in [0.5, 0.6) is 0 Å². The molecule has 0 aliphatic carbocycles. The number of benzene rings is 2. The molecule has 0 unspecified atom stereocenters. The number of carbonyl (C=O) groups is 2. The number of nitrogens with zero attached hydrogens (tertiary/aromatic N) is 3. The van der Waals surface area contributed by atoms with Gasteiger partial charge in [0, 0.05) is 55.4 Å². The number of hydrogen-bond donors (Lipinski definition) is 1. The predicted octanol–water partition coefficient (Wildman–Crippen LogP) is 4.29. The van der Waals surface area contributed by atoms with Crippen molar-refractivity contribution in [1.29, 1.82) is 0 Å². The first-order chi connectivity index (χ1) is 17.3. The Morgan fingerprint density at radius 3 is 2.22 bits per heavy atom. The Morgan fingerprint density at radius 2 is 1.56 bits per heavy atom. The zero-order valence-electron chi connectivity index (χ0n) is 21.4. The summed E-state index contributed by atoms with van der Waals surface area (Å²) in [6, 6.07) is 16.3. The van der Waals surface area contributed by atoms with Crippen LogP contribution in [0.4, 0.5) is 10.1 Å². The summed E-state index contributed by atoms with van der Waals surface area (Å²) in [4.78, 5) is 30.0. The van der Waals surface area contributed by atoms with Crippen LogP contribution in [0.25, 0.3) is 0 Å². The minimum absolute atomic E-state index is 0.00554. The first kappa shape index (κ1) is 25.8. The number of amides is 1. The van der Waals surface area contributed by atoms with Gasteiger partial charge in [-0.3, -0.25) is 19.4 Å². The summed E-state index contributed by atoms with van der Waals surface area (Å²) in [6.07, 6.45) is 0.873. The molecule has 1 aliphatic rings. The van der Waals surface area contributed by atoms with Crippen molar-refractivity contribution in [1.82, 2.24) is 14.4 Å². The van der Waals surface area contributed by atoms with Crippen LogP contribution in [0.2, 0.25) is 0 Å². The lowest BCUT2D eigenvalue weighted by atomic mass is 10.1. The normalized spacial score (nSPS) is 14.7. The Balaban J connectivity index is 1.28. The SMILES string of the molecule is CCc1ccccc1NC(=O)CN1CCN(CC(=O)c2cc(C)n(Cc3ccc(F)cc3)c2C)CC1. The molecule has 0 spiro atoms. The predicted molar refractivity (Wildman–Crippen MR) is 141 cm³/mol. The zero-order valence-corrected chi connectivity index (χ0v) is 21.4. The average Bonchev–Trinajstić information content (AvgIpc) is 3.15. The largest absolute Gasteiger partial charge is 0.344 e. The van der Waals surface area contributed by atoms with Crippen LogP contribution in [0.3, 0.4) is 0 Å². The van der Waals surface area contributed by atoms with Crippen molar-refractivity contribution in [2.24, 2.45) is 0 Å². The summed E-state index contributed by atoms with van der Waals surface area (Å²) in [5.74, 6) is -0.150. The van der Waals surface area contributed by atoms with Gasteiger partial charge in [0.2, 0.25) is 5.91 Å². The number of halogens is 1. The molecule has 190 valence electrons. The van der Waals surface area contributed by atoms with Gasteiger partial charge in [0.05, 0.1) is 13.1 Å². The Bertz CT molecular complexity index is 1210. The van der Waals surface area contributed by atoms with Gasteiger partial charge in [0.1, 0.15) is 5.82 Å².